The van der Waals surface area contributed by atoms with Crippen LogP contribution in [-0.2, 0) is 12.8 Å². The van der Waals surface area contributed by atoms with Crippen LogP contribution in [0.15, 0.2) is 48.8 Å². The van der Waals surface area contributed by atoms with Gasteiger partial charge in [0.05, 0.1) is 7.11 Å². The van der Waals surface area contributed by atoms with E-state index in [1.165, 1.54) is 11.1 Å². The van der Waals surface area contributed by atoms with Crippen molar-refractivity contribution in [3.8, 4) is 5.75 Å². The van der Waals surface area contributed by atoms with Crippen molar-refractivity contribution in [1.82, 2.24) is 10.3 Å². The van der Waals surface area contributed by atoms with E-state index < -0.39 is 0 Å². The topological polar surface area (TPSA) is 34.1 Å². The van der Waals surface area contributed by atoms with Crippen LogP contribution in [0.3, 0.4) is 0 Å². The van der Waals surface area contributed by atoms with E-state index in [1.807, 2.05) is 24.5 Å². The SMILES string of the molecule is CCNC(CCc1ccc(OC)cc1)Cc1ccncc1. The molecule has 1 aromatic heterocycles. The van der Waals surface area contributed by atoms with Crippen molar-refractivity contribution >= 4 is 0 Å². The highest BCUT2D eigenvalue weighted by Gasteiger charge is 2.08. The van der Waals surface area contributed by atoms with Crippen molar-refractivity contribution < 1.29 is 4.74 Å². The summed E-state index contributed by atoms with van der Waals surface area (Å²) < 4.78 is 5.19. The van der Waals surface area contributed by atoms with Crippen molar-refractivity contribution in [2.24, 2.45) is 0 Å². The molecule has 1 aromatic carbocycles. The van der Waals surface area contributed by atoms with Gasteiger partial charge in [0.2, 0.25) is 0 Å². The molecule has 0 bridgehead atoms. The van der Waals surface area contributed by atoms with E-state index in [0.29, 0.717) is 6.04 Å². The second-order valence-corrected chi connectivity index (χ2v) is 5.20. The Bertz CT molecular complexity index is 511. The van der Waals surface area contributed by atoms with Crippen LogP contribution in [0.1, 0.15) is 24.5 Å². The second-order valence-electron chi connectivity index (χ2n) is 5.20. The molecule has 0 radical (unpaired) electrons. The summed E-state index contributed by atoms with van der Waals surface area (Å²) in [6.45, 7) is 3.16. The second kappa shape index (κ2) is 8.42. The number of hydrogen-bond acceptors (Lipinski definition) is 3. The van der Waals surface area contributed by atoms with E-state index in [9.17, 15) is 0 Å². The van der Waals surface area contributed by atoms with Gasteiger partial charge in [-0.05, 0) is 61.2 Å². The van der Waals surface area contributed by atoms with Gasteiger partial charge >= 0.3 is 0 Å². The third-order valence-electron chi connectivity index (χ3n) is 3.66. The summed E-state index contributed by atoms with van der Waals surface area (Å²) in [5.41, 5.74) is 2.69. The molecule has 0 saturated heterocycles. The molecule has 1 unspecified atom stereocenters. The van der Waals surface area contributed by atoms with Crippen molar-refractivity contribution in [1.29, 1.82) is 0 Å². The van der Waals surface area contributed by atoms with Gasteiger partial charge in [0.1, 0.15) is 5.75 Å². The van der Waals surface area contributed by atoms with Crippen LogP contribution in [0.5, 0.6) is 5.75 Å². The minimum atomic E-state index is 0.500. The number of pyridine rings is 1. The predicted octanol–water partition coefficient (Wildman–Crippen LogP) is 3.24. The fraction of sp³-hybridized carbons (Fsp3) is 0.389. The molecule has 0 fully saturated rings. The highest BCUT2D eigenvalue weighted by atomic mass is 16.5. The van der Waals surface area contributed by atoms with Gasteiger partial charge in [-0.15, -0.1) is 0 Å². The van der Waals surface area contributed by atoms with Gasteiger partial charge in [0.15, 0.2) is 0 Å². The number of methoxy groups -OCH3 is 1. The maximum absolute atomic E-state index is 5.19. The minimum Gasteiger partial charge on any atom is -0.497 e. The normalized spacial score (nSPS) is 12.1. The Morgan fingerprint density at radius 3 is 2.38 bits per heavy atom. The number of aryl methyl sites for hydroxylation is 1. The molecule has 1 N–H and O–H groups in total. The maximum Gasteiger partial charge on any atom is 0.118 e. The van der Waals surface area contributed by atoms with Gasteiger partial charge in [-0.1, -0.05) is 19.1 Å². The first-order chi connectivity index (χ1) is 10.3. The Balaban J connectivity index is 1.89. The van der Waals surface area contributed by atoms with Gasteiger partial charge in [0.25, 0.3) is 0 Å². The third kappa shape index (κ3) is 5.20. The van der Waals surface area contributed by atoms with Crippen molar-refractivity contribution in [2.45, 2.75) is 32.2 Å². The molecule has 0 aliphatic heterocycles. The highest BCUT2D eigenvalue weighted by Crippen LogP contribution is 2.14. The average molecular weight is 284 g/mol. The van der Waals surface area contributed by atoms with E-state index in [2.05, 4.69) is 41.5 Å². The van der Waals surface area contributed by atoms with E-state index in [0.717, 1.165) is 31.6 Å². The first-order valence-corrected chi connectivity index (χ1v) is 7.57. The summed E-state index contributed by atoms with van der Waals surface area (Å²) in [6, 6.07) is 13.0. The molecule has 2 aromatic rings. The molecule has 0 saturated carbocycles. The first kappa shape index (κ1) is 15.5. The number of aromatic nitrogens is 1. The zero-order valence-electron chi connectivity index (χ0n) is 12.9. The van der Waals surface area contributed by atoms with Crippen LogP contribution in [-0.4, -0.2) is 24.7 Å². The summed E-state index contributed by atoms with van der Waals surface area (Å²) in [7, 11) is 1.70. The van der Waals surface area contributed by atoms with Crippen LogP contribution in [0.4, 0.5) is 0 Å². The summed E-state index contributed by atoms with van der Waals surface area (Å²) in [4.78, 5) is 4.08. The standard InChI is InChI=1S/C18H24N2O/c1-3-20-17(14-16-10-12-19-13-11-16)7-4-15-5-8-18(21-2)9-6-15/h5-6,8-13,17,20H,3-4,7,14H2,1-2H3. The van der Waals surface area contributed by atoms with E-state index in [1.54, 1.807) is 7.11 Å². The lowest BCUT2D eigenvalue weighted by Crippen LogP contribution is -2.31. The Kier molecular flexibility index (Phi) is 6.22. The number of hydrogen-bond donors (Lipinski definition) is 1. The molecule has 3 heteroatoms. The van der Waals surface area contributed by atoms with Crippen molar-refractivity contribution in [3.05, 3.63) is 59.9 Å². The van der Waals surface area contributed by atoms with Crippen LogP contribution < -0.4 is 10.1 Å². The fourth-order valence-corrected chi connectivity index (χ4v) is 2.50. The molecule has 0 aliphatic rings. The number of benzene rings is 1. The summed E-state index contributed by atoms with van der Waals surface area (Å²) in [6.07, 6.45) is 6.98. The molecule has 1 atom stereocenters. The number of rotatable bonds is 8. The molecule has 1 heterocycles. The lowest BCUT2D eigenvalue weighted by Gasteiger charge is -2.18. The van der Waals surface area contributed by atoms with Crippen LogP contribution >= 0.6 is 0 Å². The van der Waals surface area contributed by atoms with Gasteiger partial charge in [-0.3, -0.25) is 4.98 Å². The van der Waals surface area contributed by atoms with Crippen LogP contribution in [0.25, 0.3) is 0 Å². The first-order valence-electron chi connectivity index (χ1n) is 7.57. The lowest BCUT2D eigenvalue weighted by atomic mass is 9.99. The quantitative estimate of drug-likeness (QED) is 0.808. The smallest absolute Gasteiger partial charge is 0.118 e. The Hall–Kier alpha value is -1.87. The number of likely N-dealkylation sites (N-methyl/N-ethyl adjacent to an activating group) is 1. The number of ether oxygens (including phenoxy) is 1. The average Bonchev–Trinajstić information content (AvgIpc) is 2.54. The van der Waals surface area contributed by atoms with E-state index >= 15 is 0 Å². The lowest BCUT2D eigenvalue weighted by molar-refractivity contribution is 0.414. The van der Waals surface area contributed by atoms with Gasteiger partial charge in [0, 0.05) is 18.4 Å². The van der Waals surface area contributed by atoms with Crippen molar-refractivity contribution in [3.63, 3.8) is 0 Å². The van der Waals surface area contributed by atoms with Crippen molar-refractivity contribution in [2.75, 3.05) is 13.7 Å². The third-order valence-corrected chi connectivity index (χ3v) is 3.66. The molecular weight excluding hydrogens is 260 g/mol. The van der Waals surface area contributed by atoms with Crippen LogP contribution in [0.2, 0.25) is 0 Å². The highest BCUT2D eigenvalue weighted by molar-refractivity contribution is 5.27. The summed E-state index contributed by atoms with van der Waals surface area (Å²) >= 11 is 0. The molecule has 0 amide bonds. The summed E-state index contributed by atoms with van der Waals surface area (Å²) in [5, 5.41) is 3.58. The largest absolute Gasteiger partial charge is 0.497 e. The van der Waals surface area contributed by atoms with Gasteiger partial charge < -0.3 is 10.1 Å². The monoisotopic (exact) mass is 284 g/mol. The predicted molar refractivity (Wildman–Crippen MR) is 86.7 cm³/mol. The van der Waals surface area contributed by atoms with Crippen LogP contribution in [0, 0.1) is 0 Å². The molecule has 3 nitrogen and oxygen atoms in total. The molecular formula is C18H24N2O. The fourth-order valence-electron chi connectivity index (χ4n) is 2.50. The molecule has 0 spiro atoms. The Morgan fingerprint density at radius 2 is 1.76 bits per heavy atom. The maximum atomic E-state index is 5.19. The molecule has 0 aliphatic carbocycles. The zero-order valence-corrected chi connectivity index (χ0v) is 12.9. The molecule has 2 rings (SSSR count). The number of nitrogens with zero attached hydrogens (tertiary/aromatic N) is 1. The molecule has 112 valence electrons. The van der Waals surface area contributed by atoms with Gasteiger partial charge in [-0.2, -0.15) is 0 Å². The Labute approximate surface area is 127 Å². The zero-order chi connectivity index (χ0) is 14.9. The van der Waals surface area contributed by atoms with E-state index in [-0.39, 0.29) is 0 Å². The van der Waals surface area contributed by atoms with Gasteiger partial charge in [-0.25, -0.2) is 0 Å². The van der Waals surface area contributed by atoms with E-state index in [4.69, 9.17) is 4.74 Å². The minimum absolute atomic E-state index is 0.500. The summed E-state index contributed by atoms with van der Waals surface area (Å²) in [5.74, 6) is 0.916. The number of nitrogens with one attached hydrogen (secondary N) is 1. The molecule has 21 heavy (non-hydrogen) atoms. The Morgan fingerprint density at radius 1 is 1.05 bits per heavy atom.